The van der Waals surface area contributed by atoms with Gasteiger partial charge >= 0.3 is 6.18 Å². The molecule has 4 atom stereocenters. The van der Waals surface area contributed by atoms with Gasteiger partial charge < -0.3 is 10.4 Å². The van der Waals surface area contributed by atoms with Crippen LogP contribution in [-0.2, 0) is 11.0 Å². The van der Waals surface area contributed by atoms with Gasteiger partial charge in [0.15, 0.2) is 0 Å². The van der Waals surface area contributed by atoms with Crippen LogP contribution in [0.2, 0.25) is 0 Å². The van der Waals surface area contributed by atoms with Gasteiger partial charge in [0.1, 0.15) is 0 Å². The molecule has 6 heteroatoms. The number of carbonyl (C=O) groups excluding carboxylic acids is 1. The van der Waals surface area contributed by atoms with Gasteiger partial charge in [0, 0.05) is 5.69 Å². The lowest BCUT2D eigenvalue weighted by molar-refractivity contribution is -0.174. The van der Waals surface area contributed by atoms with Crippen molar-refractivity contribution in [2.45, 2.75) is 50.3 Å². The van der Waals surface area contributed by atoms with E-state index in [0.717, 1.165) is 44.2 Å². The lowest BCUT2D eigenvalue weighted by atomic mass is 9.47. The second kappa shape index (κ2) is 4.97. The number of carbonyl (C=O) groups is 1. The number of amides is 1. The zero-order valence-corrected chi connectivity index (χ0v) is 13.2. The normalized spacial score (nSPS) is 37.5. The first-order chi connectivity index (χ1) is 11.2. The molecule has 0 saturated heterocycles. The van der Waals surface area contributed by atoms with Crippen LogP contribution in [0.4, 0.5) is 18.9 Å². The van der Waals surface area contributed by atoms with E-state index in [2.05, 4.69) is 5.32 Å². The quantitative estimate of drug-likeness (QED) is 0.856. The zero-order chi connectivity index (χ0) is 17.2. The Kier molecular flexibility index (Phi) is 3.30. The van der Waals surface area contributed by atoms with Crippen LogP contribution in [0.15, 0.2) is 24.3 Å². The molecule has 4 aliphatic carbocycles. The molecule has 1 aromatic carbocycles. The lowest BCUT2D eigenvalue weighted by Gasteiger charge is -2.59. The molecule has 0 aromatic heterocycles. The Morgan fingerprint density at radius 2 is 1.83 bits per heavy atom. The molecule has 0 aliphatic heterocycles. The van der Waals surface area contributed by atoms with Crippen LogP contribution in [0.25, 0.3) is 0 Å². The third-order valence-corrected chi connectivity index (χ3v) is 5.96. The third kappa shape index (κ3) is 2.61. The molecular formula is C18H20F3NO2. The highest BCUT2D eigenvalue weighted by molar-refractivity contribution is 5.95. The Hall–Kier alpha value is -1.56. The number of rotatable bonds is 2. The van der Waals surface area contributed by atoms with Gasteiger partial charge in [0.2, 0.25) is 5.91 Å². The van der Waals surface area contributed by atoms with Crippen LogP contribution in [0, 0.1) is 17.3 Å². The summed E-state index contributed by atoms with van der Waals surface area (Å²) in [6, 6.07) is 4.73. The lowest BCUT2D eigenvalue weighted by Crippen LogP contribution is -2.59. The number of hydrogen-bond acceptors (Lipinski definition) is 2. The van der Waals surface area contributed by atoms with Crippen LogP contribution in [0.1, 0.15) is 44.1 Å². The molecule has 4 bridgehead atoms. The fourth-order valence-electron chi connectivity index (χ4n) is 5.52. The molecule has 1 aromatic rings. The molecule has 3 nitrogen and oxygen atoms in total. The predicted octanol–water partition coefficient (Wildman–Crippen LogP) is 3.98. The summed E-state index contributed by atoms with van der Waals surface area (Å²) in [7, 11) is 0. The van der Waals surface area contributed by atoms with Crippen molar-refractivity contribution >= 4 is 11.6 Å². The summed E-state index contributed by atoms with van der Waals surface area (Å²) >= 11 is 0. The second-order valence-corrected chi connectivity index (χ2v) is 8.00. The molecular weight excluding hydrogens is 319 g/mol. The maximum atomic E-state index is 12.9. The highest BCUT2D eigenvalue weighted by Gasteiger charge is 2.60. The average molecular weight is 339 g/mol. The highest BCUT2D eigenvalue weighted by Crippen LogP contribution is 2.61. The molecule has 24 heavy (non-hydrogen) atoms. The van der Waals surface area contributed by atoms with Gasteiger partial charge in [0.05, 0.1) is 16.6 Å². The molecule has 0 radical (unpaired) electrons. The zero-order valence-electron chi connectivity index (χ0n) is 13.2. The standard InChI is InChI=1S/C18H20F3NO2/c19-18(20,21)13-2-1-3-14(5-13)22-15(23)16-6-11-4-12(7-16)9-17(24,8-11)10-16/h1-3,5,11-12,24H,4,6-10H2,(H,22,23)/t11-,12+,16?,17?. The van der Waals surface area contributed by atoms with E-state index in [1.165, 1.54) is 12.1 Å². The summed E-state index contributed by atoms with van der Waals surface area (Å²) < 4.78 is 38.5. The summed E-state index contributed by atoms with van der Waals surface area (Å²) in [6.45, 7) is 0. The first-order valence-corrected chi connectivity index (χ1v) is 8.39. The van der Waals surface area contributed by atoms with E-state index in [0.29, 0.717) is 18.3 Å². The minimum absolute atomic E-state index is 0.164. The minimum Gasteiger partial charge on any atom is -0.390 e. The van der Waals surface area contributed by atoms with Crippen LogP contribution >= 0.6 is 0 Å². The van der Waals surface area contributed by atoms with E-state index in [9.17, 15) is 23.1 Å². The fourth-order valence-corrected chi connectivity index (χ4v) is 5.52. The number of alkyl halides is 3. The Balaban J connectivity index is 1.57. The largest absolute Gasteiger partial charge is 0.416 e. The van der Waals surface area contributed by atoms with Gasteiger partial charge in [-0.15, -0.1) is 0 Å². The molecule has 4 fully saturated rings. The molecule has 2 unspecified atom stereocenters. The monoisotopic (exact) mass is 339 g/mol. The van der Waals surface area contributed by atoms with E-state index >= 15 is 0 Å². The molecule has 0 heterocycles. The van der Waals surface area contributed by atoms with E-state index in [1.807, 2.05) is 0 Å². The molecule has 4 saturated carbocycles. The van der Waals surface area contributed by atoms with Crippen molar-refractivity contribution in [3.05, 3.63) is 29.8 Å². The van der Waals surface area contributed by atoms with Crippen molar-refractivity contribution in [1.82, 2.24) is 0 Å². The Morgan fingerprint density at radius 1 is 1.17 bits per heavy atom. The Labute approximate surface area is 138 Å². The highest BCUT2D eigenvalue weighted by atomic mass is 19.4. The minimum atomic E-state index is -4.43. The third-order valence-electron chi connectivity index (χ3n) is 5.96. The summed E-state index contributed by atoms with van der Waals surface area (Å²) in [5, 5.41) is 13.4. The molecule has 0 spiro atoms. The van der Waals surface area contributed by atoms with Gasteiger partial charge in [-0.25, -0.2) is 0 Å². The van der Waals surface area contributed by atoms with Crippen molar-refractivity contribution in [2.24, 2.45) is 17.3 Å². The molecule has 5 rings (SSSR count). The number of halogens is 3. The number of aliphatic hydroxyl groups is 1. The number of benzene rings is 1. The molecule has 2 N–H and O–H groups in total. The van der Waals surface area contributed by atoms with Crippen LogP contribution < -0.4 is 5.32 Å². The summed E-state index contributed by atoms with van der Waals surface area (Å²) in [6.07, 6.45) is 0.0205. The first-order valence-electron chi connectivity index (χ1n) is 8.39. The van der Waals surface area contributed by atoms with Crippen LogP contribution in [0.3, 0.4) is 0 Å². The topological polar surface area (TPSA) is 49.3 Å². The van der Waals surface area contributed by atoms with Crippen LogP contribution in [-0.4, -0.2) is 16.6 Å². The van der Waals surface area contributed by atoms with Crippen molar-refractivity contribution in [3.8, 4) is 0 Å². The van der Waals surface area contributed by atoms with Gasteiger partial charge in [-0.1, -0.05) is 6.07 Å². The predicted molar refractivity (Wildman–Crippen MR) is 82.1 cm³/mol. The van der Waals surface area contributed by atoms with Crippen molar-refractivity contribution in [3.63, 3.8) is 0 Å². The number of hydrogen-bond donors (Lipinski definition) is 2. The van der Waals surface area contributed by atoms with Gasteiger partial charge in [-0.3, -0.25) is 4.79 Å². The molecule has 1 amide bonds. The van der Waals surface area contributed by atoms with Crippen molar-refractivity contribution in [2.75, 3.05) is 5.32 Å². The van der Waals surface area contributed by atoms with Crippen LogP contribution in [0.5, 0.6) is 0 Å². The van der Waals surface area contributed by atoms with Gasteiger partial charge in [-0.2, -0.15) is 13.2 Å². The first kappa shape index (κ1) is 15.9. The molecule has 130 valence electrons. The Morgan fingerprint density at radius 3 is 2.42 bits per heavy atom. The Bertz CT molecular complexity index is 671. The SMILES string of the molecule is O=C(Nc1cccc(C(F)(F)F)c1)C12C[C@@H]3C[C@@H](CC(O)(C3)C1)C2. The average Bonchev–Trinajstić information content (AvgIpc) is 2.44. The van der Waals surface area contributed by atoms with Crippen molar-refractivity contribution < 1.29 is 23.1 Å². The van der Waals surface area contributed by atoms with Gasteiger partial charge in [-0.05, 0) is 68.6 Å². The second-order valence-electron chi connectivity index (χ2n) is 8.00. The maximum Gasteiger partial charge on any atom is 0.416 e. The fraction of sp³-hybridized carbons (Fsp3) is 0.611. The summed E-state index contributed by atoms with van der Waals surface area (Å²) in [4.78, 5) is 12.9. The summed E-state index contributed by atoms with van der Waals surface area (Å²) in [5.41, 5.74) is -2.01. The smallest absolute Gasteiger partial charge is 0.390 e. The van der Waals surface area contributed by atoms with E-state index in [1.54, 1.807) is 0 Å². The maximum absolute atomic E-state index is 12.9. The number of anilines is 1. The van der Waals surface area contributed by atoms with E-state index in [-0.39, 0.29) is 11.6 Å². The van der Waals surface area contributed by atoms with Crippen molar-refractivity contribution in [1.29, 1.82) is 0 Å². The van der Waals surface area contributed by atoms with Gasteiger partial charge in [0.25, 0.3) is 0 Å². The molecule has 4 aliphatic rings. The van der Waals surface area contributed by atoms with E-state index < -0.39 is 22.8 Å². The summed E-state index contributed by atoms with van der Waals surface area (Å²) in [5.74, 6) is 0.460. The number of nitrogens with one attached hydrogen (secondary N) is 1. The van der Waals surface area contributed by atoms with E-state index in [4.69, 9.17) is 0 Å².